The van der Waals surface area contributed by atoms with Gasteiger partial charge in [-0.2, -0.15) is 0 Å². The number of hydrogen-bond acceptors (Lipinski definition) is 0. The summed E-state index contributed by atoms with van der Waals surface area (Å²) in [6.07, 6.45) is 16.0. The van der Waals surface area contributed by atoms with Gasteiger partial charge in [-0.25, -0.2) is 0 Å². The Kier molecular flexibility index (Phi) is 13.5. The Labute approximate surface area is 111 Å². The standard InChI is InChI=1S/C15H29Br/c1-3-5-11-15(12-6-4-2)13-9-7-8-10-14-16/h13H,3-12,14H2,1-2H3. The Morgan fingerprint density at radius 2 is 1.50 bits per heavy atom. The number of unbranched alkanes of at least 4 members (excludes halogenated alkanes) is 5. The molecule has 0 heterocycles. The van der Waals surface area contributed by atoms with E-state index in [0.29, 0.717) is 0 Å². The minimum Gasteiger partial charge on any atom is -0.0928 e. The largest absolute Gasteiger partial charge is 0.0928 e. The molecule has 0 aliphatic heterocycles. The molecule has 96 valence electrons. The van der Waals surface area contributed by atoms with Crippen LogP contribution in [0.15, 0.2) is 11.6 Å². The van der Waals surface area contributed by atoms with Gasteiger partial charge in [0.15, 0.2) is 0 Å². The lowest BCUT2D eigenvalue weighted by Gasteiger charge is -2.06. The lowest BCUT2D eigenvalue weighted by Crippen LogP contribution is -1.86. The van der Waals surface area contributed by atoms with Crippen molar-refractivity contribution in [1.82, 2.24) is 0 Å². The predicted octanol–water partition coefficient (Wildman–Crippen LogP) is 6.25. The van der Waals surface area contributed by atoms with E-state index in [4.69, 9.17) is 0 Å². The van der Waals surface area contributed by atoms with Gasteiger partial charge in [-0.1, -0.05) is 60.7 Å². The van der Waals surface area contributed by atoms with E-state index in [0.717, 1.165) is 5.33 Å². The smallest absolute Gasteiger partial charge is 0.00313 e. The van der Waals surface area contributed by atoms with Crippen LogP contribution in [-0.2, 0) is 0 Å². The molecular weight excluding hydrogens is 260 g/mol. The van der Waals surface area contributed by atoms with Crippen molar-refractivity contribution in [3.63, 3.8) is 0 Å². The Balaban J connectivity index is 3.71. The van der Waals surface area contributed by atoms with E-state index in [1.165, 1.54) is 64.2 Å². The number of hydrogen-bond donors (Lipinski definition) is 0. The van der Waals surface area contributed by atoms with Crippen molar-refractivity contribution in [1.29, 1.82) is 0 Å². The zero-order chi connectivity index (χ0) is 12.1. The van der Waals surface area contributed by atoms with Crippen molar-refractivity contribution >= 4 is 15.9 Å². The van der Waals surface area contributed by atoms with Gasteiger partial charge in [-0.15, -0.1) is 0 Å². The molecule has 0 aliphatic rings. The molecule has 0 nitrogen and oxygen atoms in total. The first-order valence-electron chi connectivity index (χ1n) is 7.09. The lowest BCUT2D eigenvalue weighted by molar-refractivity contribution is 0.693. The molecule has 0 bridgehead atoms. The molecule has 0 aromatic rings. The summed E-state index contributed by atoms with van der Waals surface area (Å²) < 4.78 is 0. The minimum absolute atomic E-state index is 1.16. The number of allylic oxidation sites excluding steroid dienone is 2. The molecule has 0 atom stereocenters. The molecule has 0 unspecified atom stereocenters. The second-order valence-electron chi connectivity index (χ2n) is 4.61. The van der Waals surface area contributed by atoms with E-state index in [2.05, 4.69) is 35.9 Å². The summed E-state index contributed by atoms with van der Waals surface area (Å²) in [4.78, 5) is 0. The van der Waals surface area contributed by atoms with Gasteiger partial charge in [0.1, 0.15) is 0 Å². The second kappa shape index (κ2) is 13.3. The molecule has 0 amide bonds. The van der Waals surface area contributed by atoms with Crippen LogP contribution in [0.3, 0.4) is 0 Å². The van der Waals surface area contributed by atoms with Gasteiger partial charge in [0.25, 0.3) is 0 Å². The van der Waals surface area contributed by atoms with E-state index in [9.17, 15) is 0 Å². The van der Waals surface area contributed by atoms with Gasteiger partial charge in [0.2, 0.25) is 0 Å². The van der Waals surface area contributed by atoms with Gasteiger partial charge < -0.3 is 0 Å². The van der Waals surface area contributed by atoms with Crippen LogP contribution in [0.4, 0.5) is 0 Å². The van der Waals surface area contributed by atoms with Crippen LogP contribution in [0.2, 0.25) is 0 Å². The Morgan fingerprint density at radius 1 is 0.875 bits per heavy atom. The van der Waals surface area contributed by atoms with Crippen LogP contribution in [0.5, 0.6) is 0 Å². The molecule has 0 rings (SSSR count). The number of alkyl halides is 1. The fourth-order valence-corrected chi connectivity index (χ4v) is 2.26. The van der Waals surface area contributed by atoms with Crippen LogP contribution < -0.4 is 0 Å². The summed E-state index contributed by atoms with van der Waals surface area (Å²) >= 11 is 3.48. The highest BCUT2D eigenvalue weighted by Gasteiger charge is 1.97. The molecule has 16 heavy (non-hydrogen) atoms. The summed E-state index contributed by atoms with van der Waals surface area (Å²) in [6.45, 7) is 4.57. The number of rotatable bonds is 11. The van der Waals surface area contributed by atoms with E-state index < -0.39 is 0 Å². The fourth-order valence-electron chi connectivity index (χ4n) is 1.86. The number of halogens is 1. The van der Waals surface area contributed by atoms with Crippen LogP contribution in [0.25, 0.3) is 0 Å². The van der Waals surface area contributed by atoms with Crippen molar-refractivity contribution < 1.29 is 0 Å². The summed E-state index contributed by atoms with van der Waals surface area (Å²) in [5.74, 6) is 0. The maximum absolute atomic E-state index is 3.48. The lowest BCUT2D eigenvalue weighted by atomic mass is 10.0. The average molecular weight is 289 g/mol. The molecule has 0 aromatic carbocycles. The van der Waals surface area contributed by atoms with Crippen LogP contribution in [-0.4, -0.2) is 5.33 Å². The normalized spacial score (nSPS) is 10.4. The van der Waals surface area contributed by atoms with Gasteiger partial charge >= 0.3 is 0 Å². The zero-order valence-corrected chi connectivity index (χ0v) is 12.8. The van der Waals surface area contributed by atoms with Gasteiger partial charge in [-0.05, 0) is 44.9 Å². The van der Waals surface area contributed by atoms with E-state index in [1.807, 2.05) is 0 Å². The minimum atomic E-state index is 1.16. The monoisotopic (exact) mass is 288 g/mol. The molecule has 0 aromatic heterocycles. The molecule has 0 radical (unpaired) electrons. The Hall–Kier alpha value is 0.220. The fraction of sp³-hybridized carbons (Fsp3) is 0.867. The third-order valence-electron chi connectivity index (χ3n) is 2.97. The molecule has 0 saturated carbocycles. The van der Waals surface area contributed by atoms with E-state index >= 15 is 0 Å². The van der Waals surface area contributed by atoms with E-state index in [1.54, 1.807) is 5.57 Å². The van der Waals surface area contributed by atoms with Crippen molar-refractivity contribution in [3.8, 4) is 0 Å². The van der Waals surface area contributed by atoms with Crippen LogP contribution in [0, 0.1) is 0 Å². The van der Waals surface area contributed by atoms with Gasteiger partial charge in [0.05, 0.1) is 0 Å². The predicted molar refractivity (Wildman–Crippen MR) is 79.4 cm³/mol. The molecule has 0 spiro atoms. The van der Waals surface area contributed by atoms with Crippen molar-refractivity contribution in [2.45, 2.75) is 78.1 Å². The Bertz CT molecular complexity index is 151. The molecule has 0 saturated heterocycles. The molecule has 1 heteroatoms. The third-order valence-corrected chi connectivity index (χ3v) is 3.53. The Morgan fingerprint density at radius 3 is 2.00 bits per heavy atom. The maximum Gasteiger partial charge on any atom is 0.00313 e. The highest BCUT2D eigenvalue weighted by Crippen LogP contribution is 2.16. The second-order valence-corrected chi connectivity index (χ2v) is 5.40. The third kappa shape index (κ3) is 10.7. The maximum atomic E-state index is 3.48. The first kappa shape index (κ1) is 16.2. The summed E-state index contributed by atoms with van der Waals surface area (Å²) in [7, 11) is 0. The molecular formula is C15H29Br. The van der Waals surface area contributed by atoms with Crippen molar-refractivity contribution in [3.05, 3.63) is 11.6 Å². The van der Waals surface area contributed by atoms with Crippen LogP contribution in [0.1, 0.15) is 78.1 Å². The van der Waals surface area contributed by atoms with Crippen molar-refractivity contribution in [2.24, 2.45) is 0 Å². The molecule has 0 fully saturated rings. The summed E-state index contributed by atoms with van der Waals surface area (Å²) in [5.41, 5.74) is 1.72. The topological polar surface area (TPSA) is 0 Å². The first-order chi connectivity index (χ1) is 7.85. The highest BCUT2D eigenvalue weighted by molar-refractivity contribution is 9.09. The van der Waals surface area contributed by atoms with Gasteiger partial charge in [-0.3, -0.25) is 0 Å². The highest BCUT2D eigenvalue weighted by atomic mass is 79.9. The molecule has 0 aliphatic carbocycles. The van der Waals surface area contributed by atoms with Crippen molar-refractivity contribution in [2.75, 3.05) is 5.33 Å². The SMILES string of the molecule is CCCCC(=CCCCCCBr)CCCC. The van der Waals surface area contributed by atoms with Gasteiger partial charge in [0, 0.05) is 5.33 Å². The zero-order valence-electron chi connectivity index (χ0n) is 11.2. The first-order valence-corrected chi connectivity index (χ1v) is 8.21. The van der Waals surface area contributed by atoms with E-state index in [-0.39, 0.29) is 0 Å². The average Bonchev–Trinajstić information content (AvgIpc) is 2.31. The summed E-state index contributed by atoms with van der Waals surface area (Å²) in [6, 6.07) is 0. The quantitative estimate of drug-likeness (QED) is 0.239. The molecule has 0 N–H and O–H groups in total. The van der Waals surface area contributed by atoms with Crippen LogP contribution >= 0.6 is 15.9 Å². The summed E-state index contributed by atoms with van der Waals surface area (Å²) in [5, 5.41) is 1.16.